The Hall–Kier alpha value is -1.30. The Morgan fingerprint density at radius 2 is 2.50 bits per heavy atom. The van der Waals surface area contributed by atoms with Crippen molar-refractivity contribution in [2.24, 2.45) is 5.92 Å². The van der Waals surface area contributed by atoms with Crippen LogP contribution in [0.1, 0.15) is 37.8 Å². The van der Waals surface area contributed by atoms with Crippen molar-refractivity contribution in [1.29, 1.82) is 5.26 Å². The van der Waals surface area contributed by atoms with Crippen LogP contribution in [0.4, 0.5) is 0 Å². The highest BCUT2D eigenvalue weighted by molar-refractivity contribution is 5.14. The van der Waals surface area contributed by atoms with Crippen LogP contribution in [0.3, 0.4) is 0 Å². The fourth-order valence-corrected chi connectivity index (χ4v) is 1.85. The molecule has 0 aromatic carbocycles. The van der Waals surface area contributed by atoms with Gasteiger partial charge in [0, 0.05) is 12.7 Å². The normalized spacial score (nSPS) is 18.6. The number of nitriles is 1. The molecule has 0 aliphatic heterocycles. The van der Waals surface area contributed by atoms with Gasteiger partial charge in [-0.3, -0.25) is 4.68 Å². The van der Waals surface area contributed by atoms with Crippen LogP contribution in [0.25, 0.3) is 0 Å². The largest absolute Gasteiger partial charge is 0.268 e. The Labute approximate surface area is 84.3 Å². The fraction of sp³-hybridized carbons (Fsp3) is 0.636. The zero-order valence-corrected chi connectivity index (χ0v) is 8.48. The van der Waals surface area contributed by atoms with Crippen LogP contribution in [-0.4, -0.2) is 9.78 Å². The van der Waals surface area contributed by atoms with E-state index >= 15 is 0 Å². The van der Waals surface area contributed by atoms with Gasteiger partial charge in [0.1, 0.15) is 0 Å². The van der Waals surface area contributed by atoms with Crippen LogP contribution in [0, 0.1) is 17.2 Å². The fourth-order valence-electron chi connectivity index (χ4n) is 1.85. The van der Waals surface area contributed by atoms with Gasteiger partial charge in [-0.15, -0.1) is 0 Å². The van der Waals surface area contributed by atoms with Crippen LogP contribution in [0.15, 0.2) is 12.3 Å². The molecule has 1 aromatic heterocycles. The maximum Gasteiger partial charge on any atom is 0.0853 e. The quantitative estimate of drug-likeness (QED) is 0.732. The van der Waals surface area contributed by atoms with E-state index in [1.165, 1.54) is 19.3 Å². The predicted molar refractivity (Wildman–Crippen MR) is 53.6 cm³/mol. The third kappa shape index (κ3) is 1.65. The van der Waals surface area contributed by atoms with Gasteiger partial charge in [0.25, 0.3) is 0 Å². The maximum atomic E-state index is 8.85. The van der Waals surface area contributed by atoms with Gasteiger partial charge in [-0.05, 0) is 31.7 Å². The summed E-state index contributed by atoms with van der Waals surface area (Å²) in [5.41, 5.74) is 1.06. The molecule has 0 N–H and O–H groups in total. The molecule has 1 aromatic rings. The molecule has 0 radical (unpaired) electrons. The summed E-state index contributed by atoms with van der Waals surface area (Å²) in [6.07, 6.45) is 5.79. The summed E-state index contributed by atoms with van der Waals surface area (Å²) in [7, 11) is 0. The molecule has 3 heteroatoms. The second-order valence-corrected chi connectivity index (χ2v) is 4.09. The number of rotatable bonds is 3. The van der Waals surface area contributed by atoms with Crippen molar-refractivity contribution in [2.75, 3.05) is 0 Å². The van der Waals surface area contributed by atoms with E-state index in [0.717, 1.165) is 18.2 Å². The Balaban J connectivity index is 2.09. The lowest BCUT2D eigenvalue weighted by Crippen LogP contribution is -2.20. The first-order valence-corrected chi connectivity index (χ1v) is 5.22. The molecule has 1 heterocycles. The Kier molecular flexibility index (Phi) is 2.53. The standard InChI is InChI=1S/C11H15N3/c1-9(7-12)11-5-6-13-14(11)8-10-3-2-4-10/h5-6,9-10H,2-4,8H2,1H3. The molecule has 1 aliphatic rings. The van der Waals surface area contributed by atoms with Gasteiger partial charge in [-0.2, -0.15) is 10.4 Å². The molecule has 14 heavy (non-hydrogen) atoms. The molecular formula is C11H15N3. The van der Waals surface area contributed by atoms with Crippen LogP contribution in [0.2, 0.25) is 0 Å². The number of nitrogens with zero attached hydrogens (tertiary/aromatic N) is 3. The third-order valence-corrected chi connectivity index (χ3v) is 3.04. The summed E-state index contributed by atoms with van der Waals surface area (Å²) in [5.74, 6) is 0.747. The highest BCUT2D eigenvalue weighted by atomic mass is 15.3. The molecule has 3 nitrogen and oxygen atoms in total. The molecule has 1 aliphatic carbocycles. The lowest BCUT2D eigenvalue weighted by Gasteiger charge is -2.26. The van der Waals surface area contributed by atoms with Crippen LogP contribution in [-0.2, 0) is 6.54 Å². The van der Waals surface area contributed by atoms with Crippen LogP contribution in [0.5, 0.6) is 0 Å². The topological polar surface area (TPSA) is 41.6 Å². The SMILES string of the molecule is CC(C#N)c1ccnn1CC1CCC1. The smallest absolute Gasteiger partial charge is 0.0853 e. The van der Waals surface area contributed by atoms with E-state index in [1.807, 2.05) is 17.7 Å². The number of aromatic nitrogens is 2. The molecule has 2 rings (SSSR count). The number of hydrogen-bond donors (Lipinski definition) is 0. The van der Waals surface area contributed by atoms with Crippen molar-refractivity contribution in [3.05, 3.63) is 18.0 Å². The first kappa shape index (κ1) is 9.26. The Morgan fingerprint density at radius 1 is 1.71 bits per heavy atom. The first-order chi connectivity index (χ1) is 6.81. The minimum absolute atomic E-state index is 0.0439. The van der Waals surface area contributed by atoms with E-state index in [9.17, 15) is 0 Å². The van der Waals surface area contributed by atoms with Crippen molar-refractivity contribution in [3.8, 4) is 6.07 Å². The molecule has 1 saturated carbocycles. The minimum atomic E-state index is -0.0439. The average Bonchev–Trinajstić information content (AvgIpc) is 2.58. The maximum absolute atomic E-state index is 8.85. The predicted octanol–water partition coefficient (Wildman–Crippen LogP) is 2.31. The van der Waals surface area contributed by atoms with E-state index in [4.69, 9.17) is 5.26 Å². The highest BCUT2D eigenvalue weighted by Crippen LogP contribution is 2.28. The molecule has 0 saturated heterocycles. The Bertz CT molecular complexity index is 344. The minimum Gasteiger partial charge on any atom is -0.268 e. The van der Waals surface area contributed by atoms with E-state index in [1.54, 1.807) is 6.20 Å². The van der Waals surface area contributed by atoms with Crippen LogP contribution < -0.4 is 0 Å². The van der Waals surface area contributed by atoms with Crippen molar-refractivity contribution in [2.45, 2.75) is 38.6 Å². The second kappa shape index (κ2) is 3.83. The third-order valence-electron chi connectivity index (χ3n) is 3.04. The zero-order chi connectivity index (χ0) is 9.97. The van der Waals surface area contributed by atoms with Crippen molar-refractivity contribution in [3.63, 3.8) is 0 Å². The van der Waals surface area contributed by atoms with Gasteiger partial charge in [0.15, 0.2) is 0 Å². The molecule has 0 bridgehead atoms. The summed E-state index contributed by atoms with van der Waals surface area (Å²) in [4.78, 5) is 0. The lowest BCUT2D eigenvalue weighted by molar-refractivity contribution is 0.263. The van der Waals surface area contributed by atoms with Gasteiger partial charge >= 0.3 is 0 Å². The molecule has 0 amide bonds. The zero-order valence-electron chi connectivity index (χ0n) is 8.48. The van der Waals surface area contributed by atoms with Crippen LogP contribution >= 0.6 is 0 Å². The molecule has 1 atom stereocenters. The highest BCUT2D eigenvalue weighted by Gasteiger charge is 2.20. The van der Waals surface area contributed by atoms with E-state index < -0.39 is 0 Å². The summed E-state index contributed by atoms with van der Waals surface area (Å²) < 4.78 is 2.00. The summed E-state index contributed by atoms with van der Waals surface area (Å²) in [6.45, 7) is 2.92. The lowest BCUT2D eigenvalue weighted by atomic mass is 9.85. The first-order valence-electron chi connectivity index (χ1n) is 5.22. The van der Waals surface area contributed by atoms with Crippen molar-refractivity contribution in [1.82, 2.24) is 9.78 Å². The van der Waals surface area contributed by atoms with Gasteiger partial charge in [-0.1, -0.05) is 6.42 Å². The monoisotopic (exact) mass is 189 g/mol. The molecule has 74 valence electrons. The Morgan fingerprint density at radius 3 is 3.07 bits per heavy atom. The summed E-state index contributed by atoms with van der Waals surface area (Å²) >= 11 is 0. The molecule has 0 spiro atoms. The number of hydrogen-bond acceptors (Lipinski definition) is 2. The van der Waals surface area contributed by atoms with Gasteiger partial charge in [0.05, 0.1) is 17.7 Å². The average molecular weight is 189 g/mol. The molecule has 1 unspecified atom stereocenters. The summed E-state index contributed by atoms with van der Waals surface area (Å²) in [6, 6.07) is 4.21. The summed E-state index contributed by atoms with van der Waals surface area (Å²) in [5, 5.41) is 13.1. The molecular weight excluding hydrogens is 174 g/mol. The van der Waals surface area contributed by atoms with E-state index in [0.29, 0.717) is 0 Å². The van der Waals surface area contributed by atoms with Gasteiger partial charge < -0.3 is 0 Å². The second-order valence-electron chi connectivity index (χ2n) is 4.09. The van der Waals surface area contributed by atoms with E-state index in [-0.39, 0.29) is 5.92 Å². The van der Waals surface area contributed by atoms with Crippen molar-refractivity contribution >= 4 is 0 Å². The van der Waals surface area contributed by atoms with E-state index in [2.05, 4.69) is 11.2 Å². The molecule has 1 fully saturated rings. The van der Waals surface area contributed by atoms with Crippen molar-refractivity contribution < 1.29 is 0 Å². The van der Waals surface area contributed by atoms with Gasteiger partial charge in [-0.25, -0.2) is 0 Å². The van der Waals surface area contributed by atoms with Gasteiger partial charge in [0.2, 0.25) is 0 Å².